The maximum Gasteiger partial charge on any atom is 0.274 e. The molecule has 1 N–H and O–H groups in total. The zero-order chi connectivity index (χ0) is 21.4. The molecule has 30 heavy (non-hydrogen) atoms. The van der Waals surface area contributed by atoms with Crippen molar-refractivity contribution in [1.29, 1.82) is 0 Å². The Bertz CT molecular complexity index is 896. The lowest BCUT2D eigenvalue weighted by Gasteiger charge is -2.23. The van der Waals surface area contributed by atoms with Crippen LogP contribution in [0.1, 0.15) is 38.5 Å². The average Bonchev–Trinajstić information content (AvgIpc) is 3.29. The van der Waals surface area contributed by atoms with Crippen molar-refractivity contribution in [1.82, 2.24) is 5.32 Å². The van der Waals surface area contributed by atoms with Crippen LogP contribution in [-0.2, 0) is 19.6 Å². The molecule has 1 aromatic carbocycles. The minimum atomic E-state index is -3.92. The fraction of sp³-hybridized carbons (Fsp3) is 0.476. The molecule has 1 saturated carbocycles. The highest BCUT2D eigenvalue weighted by Gasteiger charge is 2.28. The average molecular weight is 455 g/mol. The van der Waals surface area contributed by atoms with E-state index in [0.29, 0.717) is 25.7 Å². The lowest BCUT2D eigenvalue weighted by atomic mass is 9.98. The molecule has 0 atom stereocenters. The van der Waals surface area contributed by atoms with Gasteiger partial charge >= 0.3 is 0 Å². The van der Waals surface area contributed by atoms with Crippen molar-refractivity contribution in [2.75, 3.05) is 24.0 Å². The van der Waals surface area contributed by atoms with Crippen molar-refractivity contribution in [3.63, 3.8) is 0 Å². The molecule has 0 aliphatic heterocycles. The Balaban J connectivity index is 1.56. The van der Waals surface area contributed by atoms with Crippen molar-refractivity contribution >= 4 is 33.0 Å². The Hall–Kier alpha value is -1.97. The number of anilines is 1. The first-order valence-electron chi connectivity index (χ1n) is 10.2. The third-order valence-corrected chi connectivity index (χ3v) is 8.14. The Morgan fingerprint density at radius 1 is 1.17 bits per heavy atom. The number of carbonyl (C=O) groups excluding carboxylic acids is 1. The zero-order valence-corrected chi connectivity index (χ0v) is 18.4. The number of hydrogen-bond acceptors (Lipinski definition) is 5. The highest BCUT2D eigenvalue weighted by Crippen LogP contribution is 2.26. The standard InChI is InChI=1S/C21H27FN2O4S2/c22-17-9-11-18(12-10-17)24(30(26,27)21-8-4-15-29-21)16-20(25)23-13-5-14-28-19-6-2-1-3-7-19/h4,8-12,15,19H,1-3,5-7,13-14,16H2,(H,23,25). The first kappa shape index (κ1) is 22.7. The van der Waals surface area contributed by atoms with Crippen LogP contribution in [0.2, 0.25) is 0 Å². The Kier molecular flexibility index (Phi) is 8.24. The van der Waals surface area contributed by atoms with E-state index >= 15 is 0 Å². The number of nitrogens with zero attached hydrogens (tertiary/aromatic N) is 1. The van der Waals surface area contributed by atoms with Crippen molar-refractivity contribution in [3.05, 3.63) is 47.6 Å². The second-order valence-corrected chi connectivity index (χ2v) is 10.3. The topological polar surface area (TPSA) is 75.7 Å². The molecule has 1 aliphatic carbocycles. The molecule has 0 spiro atoms. The van der Waals surface area contributed by atoms with E-state index in [2.05, 4.69) is 5.32 Å². The molecule has 9 heteroatoms. The molecule has 6 nitrogen and oxygen atoms in total. The van der Waals surface area contributed by atoms with Crippen LogP contribution in [-0.4, -0.2) is 40.1 Å². The van der Waals surface area contributed by atoms with Gasteiger partial charge in [-0.2, -0.15) is 0 Å². The third-order valence-electron chi connectivity index (χ3n) is 4.99. The maximum atomic E-state index is 13.3. The minimum Gasteiger partial charge on any atom is -0.378 e. The molecule has 1 amide bonds. The van der Waals surface area contributed by atoms with Gasteiger partial charge in [0.05, 0.1) is 11.8 Å². The molecule has 1 aliphatic rings. The molecule has 164 valence electrons. The van der Waals surface area contributed by atoms with E-state index in [9.17, 15) is 17.6 Å². The monoisotopic (exact) mass is 454 g/mol. The van der Waals surface area contributed by atoms with E-state index in [1.807, 2.05) is 0 Å². The van der Waals surface area contributed by atoms with Crippen LogP contribution in [0.3, 0.4) is 0 Å². The van der Waals surface area contributed by atoms with E-state index < -0.39 is 21.7 Å². The van der Waals surface area contributed by atoms with E-state index in [1.165, 1.54) is 49.6 Å². The fourth-order valence-corrected chi connectivity index (χ4v) is 5.93. The van der Waals surface area contributed by atoms with Crippen molar-refractivity contribution in [2.45, 2.75) is 48.8 Å². The van der Waals surface area contributed by atoms with Gasteiger partial charge in [0, 0.05) is 13.2 Å². The van der Waals surface area contributed by atoms with Gasteiger partial charge < -0.3 is 10.1 Å². The number of thiophene rings is 1. The minimum absolute atomic E-state index is 0.125. The number of benzene rings is 1. The van der Waals surface area contributed by atoms with Crippen LogP contribution in [0.4, 0.5) is 10.1 Å². The molecule has 0 radical (unpaired) electrons. The summed E-state index contributed by atoms with van der Waals surface area (Å²) in [7, 11) is -3.92. The molecule has 0 unspecified atom stereocenters. The number of hydrogen-bond donors (Lipinski definition) is 1. The van der Waals surface area contributed by atoms with Gasteiger partial charge in [-0.05, 0) is 55.0 Å². The van der Waals surface area contributed by atoms with Crippen LogP contribution >= 0.6 is 11.3 Å². The summed E-state index contributed by atoms with van der Waals surface area (Å²) in [5.41, 5.74) is 0.237. The quantitative estimate of drug-likeness (QED) is 0.552. The molecule has 0 bridgehead atoms. The molecule has 1 fully saturated rings. The lowest BCUT2D eigenvalue weighted by Crippen LogP contribution is -2.41. The first-order valence-corrected chi connectivity index (χ1v) is 12.5. The Labute approximate surface area is 181 Å². The van der Waals surface area contributed by atoms with Gasteiger partial charge in [-0.15, -0.1) is 11.3 Å². The van der Waals surface area contributed by atoms with E-state index in [-0.39, 0.29) is 16.4 Å². The normalized spacial score (nSPS) is 15.1. The van der Waals surface area contributed by atoms with Crippen LogP contribution in [0.5, 0.6) is 0 Å². The molecular formula is C21H27FN2O4S2. The van der Waals surface area contributed by atoms with Gasteiger partial charge in [-0.25, -0.2) is 12.8 Å². The number of nitrogens with one attached hydrogen (secondary N) is 1. The van der Waals surface area contributed by atoms with Crippen LogP contribution in [0.15, 0.2) is 46.0 Å². The predicted octanol–water partition coefficient (Wildman–Crippen LogP) is 3.94. The highest BCUT2D eigenvalue weighted by atomic mass is 32.2. The number of sulfonamides is 1. The summed E-state index contributed by atoms with van der Waals surface area (Å²) in [4.78, 5) is 12.4. The number of ether oxygens (including phenoxy) is 1. The summed E-state index contributed by atoms with van der Waals surface area (Å²) in [6, 6.07) is 8.17. The largest absolute Gasteiger partial charge is 0.378 e. The van der Waals surface area contributed by atoms with Gasteiger partial charge in [0.2, 0.25) is 5.91 Å². The van der Waals surface area contributed by atoms with Crippen LogP contribution < -0.4 is 9.62 Å². The van der Waals surface area contributed by atoms with E-state index in [0.717, 1.165) is 28.5 Å². The maximum absolute atomic E-state index is 13.3. The lowest BCUT2D eigenvalue weighted by molar-refractivity contribution is -0.119. The SMILES string of the molecule is O=C(CN(c1ccc(F)cc1)S(=O)(=O)c1cccs1)NCCCOC1CCCCC1. The zero-order valence-electron chi connectivity index (χ0n) is 16.8. The summed E-state index contributed by atoms with van der Waals surface area (Å²) in [5.74, 6) is -0.897. The Morgan fingerprint density at radius 3 is 2.57 bits per heavy atom. The van der Waals surface area contributed by atoms with Gasteiger partial charge in [0.25, 0.3) is 10.0 Å². The van der Waals surface area contributed by atoms with E-state index in [1.54, 1.807) is 11.4 Å². The van der Waals surface area contributed by atoms with Crippen LogP contribution in [0.25, 0.3) is 0 Å². The second-order valence-electron chi connectivity index (χ2n) is 7.25. The van der Waals surface area contributed by atoms with Crippen LogP contribution in [0, 0.1) is 5.82 Å². The molecule has 3 rings (SSSR count). The number of rotatable bonds is 10. The molecule has 2 aromatic rings. The predicted molar refractivity (Wildman–Crippen MR) is 116 cm³/mol. The third kappa shape index (κ3) is 6.26. The summed E-state index contributed by atoms with van der Waals surface area (Å²) in [6.45, 7) is 0.595. The van der Waals surface area contributed by atoms with Crippen molar-refractivity contribution in [3.8, 4) is 0 Å². The molecule has 1 heterocycles. The van der Waals surface area contributed by atoms with Crippen molar-refractivity contribution < 1.29 is 22.3 Å². The van der Waals surface area contributed by atoms with E-state index in [4.69, 9.17) is 4.74 Å². The van der Waals surface area contributed by atoms with Gasteiger partial charge in [0.15, 0.2) is 0 Å². The fourth-order valence-electron chi connectivity index (χ4n) is 3.41. The van der Waals surface area contributed by atoms with Gasteiger partial charge in [-0.1, -0.05) is 25.3 Å². The summed E-state index contributed by atoms with van der Waals surface area (Å²) in [6.07, 6.45) is 6.86. The second kappa shape index (κ2) is 10.9. The summed E-state index contributed by atoms with van der Waals surface area (Å²) < 4.78 is 46.3. The van der Waals surface area contributed by atoms with Gasteiger partial charge in [-0.3, -0.25) is 9.10 Å². The van der Waals surface area contributed by atoms with Gasteiger partial charge in [0.1, 0.15) is 16.6 Å². The number of carbonyl (C=O) groups is 1. The Morgan fingerprint density at radius 2 is 1.90 bits per heavy atom. The molecule has 1 aromatic heterocycles. The number of amides is 1. The summed E-state index contributed by atoms with van der Waals surface area (Å²) in [5, 5.41) is 4.41. The highest BCUT2D eigenvalue weighted by molar-refractivity contribution is 7.94. The molecular weight excluding hydrogens is 427 g/mol. The van der Waals surface area contributed by atoms with Crippen molar-refractivity contribution in [2.24, 2.45) is 0 Å². The number of halogens is 1. The first-order chi connectivity index (χ1) is 14.5. The summed E-state index contributed by atoms with van der Waals surface area (Å²) >= 11 is 1.07. The molecule has 0 saturated heterocycles. The smallest absolute Gasteiger partial charge is 0.274 e.